The van der Waals surface area contributed by atoms with Crippen LogP contribution in [0, 0.1) is 0 Å². The van der Waals surface area contributed by atoms with Crippen molar-refractivity contribution in [2.24, 2.45) is 0 Å². The van der Waals surface area contributed by atoms with E-state index in [0.717, 1.165) is 4.47 Å². The molecule has 0 aliphatic rings. The van der Waals surface area contributed by atoms with E-state index in [1.807, 2.05) is 0 Å². The van der Waals surface area contributed by atoms with Gasteiger partial charge in [0.25, 0.3) is 5.91 Å². The predicted molar refractivity (Wildman–Crippen MR) is 103 cm³/mol. The van der Waals surface area contributed by atoms with E-state index < -0.39 is 9.84 Å². The summed E-state index contributed by atoms with van der Waals surface area (Å²) >= 11 is 3.28. The van der Waals surface area contributed by atoms with E-state index in [4.69, 9.17) is 0 Å². The van der Waals surface area contributed by atoms with Crippen LogP contribution in [0.1, 0.15) is 16.8 Å². The molecular formula is C18H19BrN2O4S. The van der Waals surface area contributed by atoms with E-state index in [-0.39, 0.29) is 35.6 Å². The molecule has 0 atom stereocenters. The molecule has 0 bridgehead atoms. The summed E-state index contributed by atoms with van der Waals surface area (Å²) < 4.78 is 25.0. The first-order valence-corrected chi connectivity index (χ1v) is 10.4. The minimum Gasteiger partial charge on any atom is -0.355 e. The molecule has 0 aliphatic heterocycles. The zero-order valence-corrected chi connectivity index (χ0v) is 16.3. The van der Waals surface area contributed by atoms with Gasteiger partial charge >= 0.3 is 0 Å². The van der Waals surface area contributed by atoms with Crippen LogP contribution in [0.5, 0.6) is 0 Å². The standard InChI is InChI=1S/C18H19BrN2O4S/c19-15-7-4-6-14(12-15)18(23)21-13-17(22)20-10-5-11-26(24,25)16-8-2-1-3-9-16/h1-4,6-9,12H,5,10-11,13H2,(H,20,22)(H,21,23). The molecule has 0 aromatic heterocycles. The summed E-state index contributed by atoms with van der Waals surface area (Å²) in [4.78, 5) is 24.0. The van der Waals surface area contributed by atoms with Gasteiger partial charge in [-0.25, -0.2) is 8.42 Å². The van der Waals surface area contributed by atoms with E-state index in [9.17, 15) is 18.0 Å². The third-order valence-electron chi connectivity index (χ3n) is 3.51. The molecule has 138 valence electrons. The average Bonchev–Trinajstić information content (AvgIpc) is 2.64. The summed E-state index contributed by atoms with van der Waals surface area (Å²) in [5.74, 6) is -0.777. The number of benzene rings is 2. The number of sulfone groups is 1. The summed E-state index contributed by atoms with van der Waals surface area (Å²) in [6.45, 7) is 0.0500. The third-order valence-corrected chi connectivity index (χ3v) is 5.82. The van der Waals surface area contributed by atoms with Crippen LogP contribution in [0.2, 0.25) is 0 Å². The largest absolute Gasteiger partial charge is 0.355 e. The van der Waals surface area contributed by atoms with E-state index in [1.165, 1.54) is 0 Å². The quantitative estimate of drug-likeness (QED) is 0.617. The van der Waals surface area contributed by atoms with E-state index >= 15 is 0 Å². The van der Waals surface area contributed by atoms with Gasteiger partial charge in [0.15, 0.2) is 9.84 Å². The minimum atomic E-state index is -3.35. The number of halogens is 1. The highest BCUT2D eigenvalue weighted by molar-refractivity contribution is 9.10. The normalized spacial score (nSPS) is 11.0. The average molecular weight is 439 g/mol. The Hall–Kier alpha value is -2.19. The van der Waals surface area contributed by atoms with Crippen molar-refractivity contribution >= 4 is 37.6 Å². The van der Waals surface area contributed by atoms with Crippen LogP contribution in [0.4, 0.5) is 0 Å². The van der Waals surface area contributed by atoms with Crippen LogP contribution in [0.3, 0.4) is 0 Å². The molecule has 0 saturated carbocycles. The second-order valence-electron chi connectivity index (χ2n) is 5.53. The number of carbonyl (C=O) groups excluding carboxylic acids is 2. The Bertz CT molecular complexity index is 870. The lowest BCUT2D eigenvalue weighted by Gasteiger charge is -2.08. The molecule has 2 aromatic carbocycles. The molecule has 8 heteroatoms. The molecule has 0 heterocycles. The SMILES string of the molecule is O=C(CNC(=O)c1cccc(Br)c1)NCCCS(=O)(=O)c1ccccc1. The fraction of sp³-hybridized carbons (Fsp3) is 0.222. The minimum absolute atomic E-state index is 0.0539. The highest BCUT2D eigenvalue weighted by Gasteiger charge is 2.13. The van der Waals surface area contributed by atoms with Gasteiger partial charge in [0.05, 0.1) is 17.2 Å². The fourth-order valence-corrected chi connectivity index (χ4v) is 3.92. The number of nitrogens with one attached hydrogen (secondary N) is 2. The van der Waals surface area contributed by atoms with Crippen molar-refractivity contribution in [3.05, 3.63) is 64.6 Å². The number of rotatable bonds is 8. The highest BCUT2D eigenvalue weighted by Crippen LogP contribution is 2.11. The van der Waals surface area contributed by atoms with E-state index in [1.54, 1.807) is 54.6 Å². The number of carbonyl (C=O) groups is 2. The lowest BCUT2D eigenvalue weighted by molar-refractivity contribution is -0.120. The molecule has 2 aromatic rings. The molecule has 0 unspecified atom stereocenters. The molecule has 2 N–H and O–H groups in total. The summed E-state index contributed by atoms with van der Waals surface area (Å²) in [5, 5.41) is 5.12. The maximum absolute atomic E-state index is 12.1. The lowest BCUT2D eigenvalue weighted by Crippen LogP contribution is -2.37. The summed E-state index contributed by atoms with van der Waals surface area (Å²) in [6.07, 6.45) is 0.294. The van der Waals surface area contributed by atoms with Crippen LogP contribution >= 0.6 is 15.9 Å². The first kappa shape index (κ1) is 20.1. The highest BCUT2D eigenvalue weighted by atomic mass is 79.9. The van der Waals surface area contributed by atoms with Crippen molar-refractivity contribution in [2.45, 2.75) is 11.3 Å². The molecule has 0 radical (unpaired) electrons. The Morgan fingerprint density at radius 2 is 1.69 bits per heavy atom. The van der Waals surface area contributed by atoms with E-state index in [2.05, 4.69) is 26.6 Å². The third kappa shape index (κ3) is 6.27. The molecule has 2 amide bonds. The smallest absolute Gasteiger partial charge is 0.251 e. The van der Waals surface area contributed by atoms with Crippen molar-refractivity contribution < 1.29 is 18.0 Å². The fourth-order valence-electron chi connectivity index (χ4n) is 2.19. The summed E-state index contributed by atoms with van der Waals surface area (Å²) in [6, 6.07) is 15.0. The van der Waals surface area contributed by atoms with Gasteiger partial charge in [-0.3, -0.25) is 9.59 Å². The van der Waals surface area contributed by atoms with Gasteiger partial charge in [0.2, 0.25) is 5.91 Å². The predicted octanol–water partition coefficient (Wildman–Crippen LogP) is 2.16. The van der Waals surface area contributed by atoms with Crippen molar-refractivity contribution in [3.63, 3.8) is 0 Å². The Morgan fingerprint density at radius 3 is 2.38 bits per heavy atom. The molecule has 2 rings (SSSR count). The Balaban J connectivity index is 1.70. The summed E-state index contributed by atoms with van der Waals surface area (Å²) in [7, 11) is -3.35. The van der Waals surface area contributed by atoms with Crippen LogP contribution in [-0.2, 0) is 14.6 Å². The maximum Gasteiger partial charge on any atom is 0.251 e. The molecule has 6 nitrogen and oxygen atoms in total. The van der Waals surface area contributed by atoms with Crippen molar-refractivity contribution in [2.75, 3.05) is 18.8 Å². The first-order valence-electron chi connectivity index (χ1n) is 7.97. The molecule has 0 saturated heterocycles. The Labute approximate surface area is 161 Å². The Kier molecular flexibility index (Phi) is 7.35. The second-order valence-corrected chi connectivity index (χ2v) is 8.55. The van der Waals surface area contributed by atoms with Gasteiger partial charge in [0, 0.05) is 16.6 Å². The number of hydrogen-bond acceptors (Lipinski definition) is 4. The van der Waals surface area contributed by atoms with Crippen molar-refractivity contribution in [1.29, 1.82) is 0 Å². The molecule has 0 aliphatic carbocycles. The van der Waals surface area contributed by atoms with Gasteiger partial charge in [-0.1, -0.05) is 40.2 Å². The van der Waals surface area contributed by atoms with E-state index in [0.29, 0.717) is 12.0 Å². The molecule has 26 heavy (non-hydrogen) atoms. The van der Waals surface area contributed by atoms with Crippen LogP contribution in [0.25, 0.3) is 0 Å². The van der Waals surface area contributed by atoms with Gasteiger partial charge < -0.3 is 10.6 Å². The van der Waals surface area contributed by atoms with Gasteiger partial charge in [-0.15, -0.1) is 0 Å². The zero-order valence-electron chi connectivity index (χ0n) is 13.9. The number of amides is 2. The van der Waals surface area contributed by atoms with Crippen molar-refractivity contribution in [3.8, 4) is 0 Å². The first-order chi connectivity index (χ1) is 12.4. The lowest BCUT2D eigenvalue weighted by atomic mass is 10.2. The van der Waals surface area contributed by atoms with Crippen LogP contribution < -0.4 is 10.6 Å². The summed E-state index contributed by atoms with van der Waals surface area (Å²) in [5.41, 5.74) is 0.445. The van der Waals surface area contributed by atoms with Crippen LogP contribution in [-0.4, -0.2) is 39.1 Å². The second kappa shape index (κ2) is 9.49. The molecule has 0 spiro atoms. The topological polar surface area (TPSA) is 92.3 Å². The monoisotopic (exact) mass is 438 g/mol. The Morgan fingerprint density at radius 1 is 0.962 bits per heavy atom. The van der Waals surface area contributed by atoms with Crippen LogP contribution in [0.15, 0.2) is 64.0 Å². The number of hydrogen-bond donors (Lipinski definition) is 2. The van der Waals surface area contributed by atoms with Gasteiger partial charge in [-0.2, -0.15) is 0 Å². The molecule has 0 fully saturated rings. The molecular weight excluding hydrogens is 420 g/mol. The van der Waals surface area contributed by atoms with Crippen molar-refractivity contribution in [1.82, 2.24) is 10.6 Å². The zero-order chi connectivity index (χ0) is 19.0. The van der Waals surface area contributed by atoms with Gasteiger partial charge in [0.1, 0.15) is 0 Å². The maximum atomic E-state index is 12.1. The van der Waals surface area contributed by atoms with Gasteiger partial charge in [-0.05, 0) is 36.8 Å².